The molecule has 4 nitrogen and oxygen atoms in total. The predicted molar refractivity (Wildman–Crippen MR) is 85.3 cm³/mol. The topological polar surface area (TPSA) is 38.2 Å². The maximum absolute atomic E-state index is 5.50. The highest BCUT2D eigenvalue weighted by molar-refractivity contribution is 5.59. The van der Waals surface area contributed by atoms with E-state index in [2.05, 4.69) is 60.4 Å². The summed E-state index contributed by atoms with van der Waals surface area (Å²) in [6.07, 6.45) is 0.108. The molecule has 1 heterocycles. The van der Waals surface area contributed by atoms with Crippen LogP contribution in [0.2, 0.25) is 0 Å². The molecule has 1 atom stereocenters. The molecule has 0 aliphatic rings. The van der Waals surface area contributed by atoms with Crippen LogP contribution < -0.4 is 4.74 Å². The number of hydrogen-bond donors (Lipinski definition) is 0. The fourth-order valence-electron chi connectivity index (χ4n) is 2.01. The average molecular weight is 285 g/mol. The number of aromatic nitrogens is 2. The summed E-state index contributed by atoms with van der Waals surface area (Å²) in [5.74, 6) is 0.562. The Labute approximate surface area is 126 Å². The first-order chi connectivity index (χ1) is 9.97. The Morgan fingerprint density at radius 3 is 2.05 bits per heavy atom. The minimum atomic E-state index is 0.108. The van der Waals surface area contributed by atoms with Crippen LogP contribution in [-0.2, 0) is 0 Å². The molecule has 0 radical (unpaired) electrons. The summed E-state index contributed by atoms with van der Waals surface area (Å²) in [5.41, 5.74) is 3.21. The van der Waals surface area contributed by atoms with E-state index >= 15 is 0 Å². The van der Waals surface area contributed by atoms with Gasteiger partial charge in [-0.05, 0) is 46.5 Å². The van der Waals surface area contributed by atoms with Crippen molar-refractivity contribution < 1.29 is 4.74 Å². The number of rotatable bonds is 5. The van der Waals surface area contributed by atoms with Gasteiger partial charge in [0.25, 0.3) is 0 Å². The summed E-state index contributed by atoms with van der Waals surface area (Å²) >= 11 is 0. The Hall–Kier alpha value is -1.94. The second-order valence-electron chi connectivity index (χ2n) is 5.69. The largest absolute Gasteiger partial charge is 0.474 e. The lowest BCUT2D eigenvalue weighted by atomic mass is 10.0. The molecule has 2 aromatic rings. The Kier molecular flexibility index (Phi) is 4.91. The third kappa shape index (κ3) is 4.02. The lowest BCUT2D eigenvalue weighted by molar-refractivity contribution is 0.230. The highest BCUT2D eigenvalue weighted by Gasteiger charge is 2.08. The molecule has 0 unspecified atom stereocenters. The van der Waals surface area contributed by atoms with E-state index in [1.165, 1.54) is 5.56 Å². The molecule has 0 aliphatic carbocycles. The van der Waals surface area contributed by atoms with Gasteiger partial charge in [0, 0.05) is 17.7 Å². The zero-order valence-electron chi connectivity index (χ0n) is 13.4. The molecular formula is C17H23N3O. The highest BCUT2D eigenvalue weighted by atomic mass is 16.5. The van der Waals surface area contributed by atoms with Gasteiger partial charge < -0.3 is 9.64 Å². The zero-order chi connectivity index (χ0) is 15.4. The van der Waals surface area contributed by atoms with Crippen molar-refractivity contribution in [1.29, 1.82) is 0 Å². The van der Waals surface area contributed by atoms with E-state index in [9.17, 15) is 0 Å². The summed E-state index contributed by atoms with van der Waals surface area (Å²) in [4.78, 5) is 2.19. The molecule has 2 rings (SSSR count). The molecule has 0 saturated heterocycles. The normalized spacial score (nSPS) is 12.7. The Balaban J connectivity index is 2.15. The van der Waals surface area contributed by atoms with E-state index in [4.69, 9.17) is 4.74 Å². The maximum Gasteiger partial charge on any atom is 0.233 e. The second-order valence-corrected chi connectivity index (χ2v) is 5.69. The van der Waals surface area contributed by atoms with Crippen molar-refractivity contribution in [2.24, 2.45) is 0 Å². The first-order valence-corrected chi connectivity index (χ1v) is 7.24. The lowest BCUT2D eigenvalue weighted by Gasteiger charge is -2.20. The predicted octanol–water partition coefficient (Wildman–Crippen LogP) is 3.55. The Morgan fingerprint density at radius 1 is 0.905 bits per heavy atom. The van der Waals surface area contributed by atoms with Gasteiger partial charge in [-0.25, -0.2) is 0 Å². The molecule has 0 aliphatic heterocycles. The van der Waals surface area contributed by atoms with E-state index in [0.717, 1.165) is 11.3 Å². The van der Waals surface area contributed by atoms with E-state index in [1.54, 1.807) is 0 Å². The molecule has 4 heteroatoms. The van der Waals surface area contributed by atoms with Crippen molar-refractivity contribution in [2.75, 3.05) is 14.1 Å². The van der Waals surface area contributed by atoms with Crippen LogP contribution in [0.3, 0.4) is 0 Å². The van der Waals surface area contributed by atoms with E-state index in [1.807, 2.05) is 26.0 Å². The zero-order valence-corrected chi connectivity index (χ0v) is 13.4. The molecule has 0 saturated carbocycles. The molecule has 0 bridgehead atoms. The van der Waals surface area contributed by atoms with Crippen molar-refractivity contribution in [3.63, 3.8) is 0 Å². The standard InChI is InChI=1S/C17H23N3O/c1-12(2)21-17-11-10-16(18-19-17)15-8-6-14(7-9-15)13(3)20(4)5/h6-13H,1-5H3/t13-/m1/s1. The van der Waals surface area contributed by atoms with Gasteiger partial charge in [-0.2, -0.15) is 0 Å². The van der Waals surface area contributed by atoms with Crippen LogP contribution in [0.1, 0.15) is 32.4 Å². The summed E-state index contributed by atoms with van der Waals surface area (Å²) < 4.78 is 5.50. The van der Waals surface area contributed by atoms with Gasteiger partial charge in [-0.15, -0.1) is 10.2 Å². The molecule has 0 N–H and O–H groups in total. The van der Waals surface area contributed by atoms with Crippen LogP contribution in [0.25, 0.3) is 11.3 Å². The van der Waals surface area contributed by atoms with E-state index < -0.39 is 0 Å². The summed E-state index contributed by atoms with van der Waals surface area (Å²) in [6, 6.07) is 12.6. The molecule has 1 aromatic heterocycles. The lowest BCUT2D eigenvalue weighted by Crippen LogP contribution is -2.16. The summed E-state index contributed by atoms with van der Waals surface area (Å²) in [5, 5.41) is 8.33. The van der Waals surface area contributed by atoms with Gasteiger partial charge in [0.15, 0.2) is 0 Å². The Morgan fingerprint density at radius 2 is 1.57 bits per heavy atom. The number of benzene rings is 1. The van der Waals surface area contributed by atoms with Gasteiger partial charge in [0.2, 0.25) is 5.88 Å². The van der Waals surface area contributed by atoms with Crippen LogP contribution >= 0.6 is 0 Å². The molecule has 1 aromatic carbocycles. The van der Waals surface area contributed by atoms with Crippen molar-refractivity contribution in [3.8, 4) is 17.1 Å². The van der Waals surface area contributed by atoms with Crippen molar-refractivity contribution >= 4 is 0 Å². The SMILES string of the molecule is CC(C)Oc1ccc(-c2ccc([C@@H](C)N(C)C)cc2)nn1. The number of ether oxygens (including phenoxy) is 1. The number of nitrogens with zero attached hydrogens (tertiary/aromatic N) is 3. The monoisotopic (exact) mass is 285 g/mol. The highest BCUT2D eigenvalue weighted by Crippen LogP contribution is 2.22. The first-order valence-electron chi connectivity index (χ1n) is 7.24. The van der Waals surface area contributed by atoms with Crippen molar-refractivity contribution in [3.05, 3.63) is 42.0 Å². The van der Waals surface area contributed by atoms with Crippen LogP contribution in [0.15, 0.2) is 36.4 Å². The molecule has 0 spiro atoms. The number of hydrogen-bond acceptors (Lipinski definition) is 4. The van der Waals surface area contributed by atoms with Gasteiger partial charge in [-0.3, -0.25) is 0 Å². The van der Waals surface area contributed by atoms with Crippen molar-refractivity contribution in [2.45, 2.75) is 32.9 Å². The van der Waals surface area contributed by atoms with E-state index in [-0.39, 0.29) is 6.10 Å². The van der Waals surface area contributed by atoms with E-state index in [0.29, 0.717) is 11.9 Å². The fraction of sp³-hybridized carbons (Fsp3) is 0.412. The average Bonchev–Trinajstić information content (AvgIpc) is 2.47. The minimum Gasteiger partial charge on any atom is -0.474 e. The third-order valence-electron chi connectivity index (χ3n) is 3.46. The molecule has 0 amide bonds. The first kappa shape index (κ1) is 15.4. The van der Waals surface area contributed by atoms with Gasteiger partial charge >= 0.3 is 0 Å². The molecule has 112 valence electrons. The summed E-state index contributed by atoms with van der Waals surface area (Å²) in [7, 11) is 4.16. The fourth-order valence-corrected chi connectivity index (χ4v) is 2.01. The van der Waals surface area contributed by atoms with Crippen LogP contribution in [0, 0.1) is 0 Å². The third-order valence-corrected chi connectivity index (χ3v) is 3.46. The quantitative estimate of drug-likeness (QED) is 0.842. The molecule has 21 heavy (non-hydrogen) atoms. The van der Waals surface area contributed by atoms with Crippen LogP contribution in [0.5, 0.6) is 5.88 Å². The molecule has 0 fully saturated rings. The summed E-state index contributed by atoms with van der Waals surface area (Å²) in [6.45, 7) is 6.13. The smallest absolute Gasteiger partial charge is 0.233 e. The maximum atomic E-state index is 5.50. The van der Waals surface area contributed by atoms with Gasteiger partial charge in [0.1, 0.15) is 0 Å². The minimum absolute atomic E-state index is 0.108. The van der Waals surface area contributed by atoms with Crippen LogP contribution in [0.4, 0.5) is 0 Å². The second kappa shape index (κ2) is 6.68. The molecular weight excluding hydrogens is 262 g/mol. The van der Waals surface area contributed by atoms with Crippen molar-refractivity contribution in [1.82, 2.24) is 15.1 Å². The van der Waals surface area contributed by atoms with Gasteiger partial charge in [0.05, 0.1) is 11.8 Å². The Bertz CT molecular complexity index is 562. The van der Waals surface area contributed by atoms with Gasteiger partial charge in [-0.1, -0.05) is 24.3 Å². The van der Waals surface area contributed by atoms with Crippen LogP contribution in [-0.4, -0.2) is 35.3 Å².